The van der Waals surface area contributed by atoms with Crippen LogP contribution in [0.3, 0.4) is 0 Å². The first kappa shape index (κ1) is 9.55. The Morgan fingerprint density at radius 2 is 1.90 bits per heavy atom. The number of carbonyl (C=O) groups is 1. The molecule has 60 valence electrons. The Morgan fingerprint density at radius 3 is 2.30 bits per heavy atom. The average molecular weight is 148 g/mol. The van der Waals surface area contributed by atoms with Crippen LogP contribution >= 0.6 is 0 Å². The molecule has 0 aliphatic rings. The summed E-state index contributed by atoms with van der Waals surface area (Å²) in [6, 6.07) is 0. The summed E-state index contributed by atoms with van der Waals surface area (Å²) < 4.78 is 0. The Kier molecular flexibility index (Phi) is 5.10. The minimum absolute atomic E-state index is 0.200. The third-order valence-corrected chi connectivity index (χ3v) is 1.16. The molecule has 10 heavy (non-hydrogen) atoms. The van der Waals surface area contributed by atoms with Crippen LogP contribution in [0.25, 0.3) is 0 Å². The van der Waals surface area contributed by atoms with Gasteiger partial charge in [0.2, 0.25) is 0 Å². The van der Waals surface area contributed by atoms with E-state index in [9.17, 15) is 4.79 Å². The fraction of sp³-hybridized carbons (Fsp3) is 0.833. The predicted octanol–water partition coefficient (Wildman–Crippen LogP) is -1.32. The normalized spacial score (nSPS) is 16.3. The zero-order chi connectivity index (χ0) is 7.98. The summed E-state index contributed by atoms with van der Waals surface area (Å²) in [5, 5.41) is 25.7. The van der Waals surface area contributed by atoms with Crippen molar-refractivity contribution < 1.29 is 20.1 Å². The van der Waals surface area contributed by atoms with Gasteiger partial charge in [0.25, 0.3) is 0 Å². The Balaban J connectivity index is 3.25. The molecule has 0 aromatic carbocycles. The highest BCUT2D eigenvalue weighted by atomic mass is 16.3. The summed E-state index contributed by atoms with van der Waals surface area (Å²) in [5.41, 5.74) is 0. The van der Waals surface area contributed by atoms with E-state index in [1.54, 1.807) is 0 Å². The standard InChI is InChI=1S/C6H12O4/c7-3-5(9)1-2-6(10)4-8/h3,5-6,8-10H,1-2,4H2/t5-,6+/m1/s1. The lowest BCUT2D eigenvalue weighted by molar-refractivity contribution is -0.115. The van der Waals surface area contributed by atoms with Crippen molar-refractivity contribution in [2.45, 2.75) is 25.0 Å². The van der Waals surface area contributed by atoms with Crippen LogP contribution in [0.4, 0.5) is 0 Å². The number of hydrogen-bond acceptors (Lipinski definition) is 4. The lowest BCUT2D eigenvalue weighted by Gasteiger charge is -2.06. The van der Waals surface area contributed by atoms with Crippen molar-refractivity contribution in [2.75, 3.05) is 6.61 Å². The minimum atomic E-state index is -1.01. The minimum Gasteiger partial charge on any atom is -0.394 e. The molecule has 4 nitrogen and oxygen atoms in total. The highest BCUT2D eigenvalue weighted by Gasteiger charge is 2.06. The molecule has 0 saturated carbocycles. The number of aliphatic hydroxyl groups excluding tert-OH is 3. The van der Waals surface area contributed by atoms with Gasteiger partial charge in [-0.05, 0) is 12.8 Å². The lowest BCUT2D eigenvalue weighted by atomic mass is 10.1. The van der Waals surface area contributed by atoms with Gasteiger partial charge in [0.05, 0.1) is 12.7 Å². The smallest absolute Gasteiger partial charge is 0.148 e. The first-order valence-electron chi connectivity index (χ1n) is 3.13. The Labute approximate surface area is 59.1 Å². The number of aldehydes is 1. The molecular formula is C6H12O4. The van der Waals surface area contributed by atoms with E-state index in [2.05, 4.69) is 0 Å². The fourth-order valence-electron chi connectivity index (χ4n) is 0.522. The maximum Gasteiger partial charge on any atom is 0.148 e. The third-order valence-electron chi connectivity index (χ3n) is 1.16. The molecular weight excluding hydrogens is 136 g/mol. The van der Waals surface area contributed by atoms with E-state index >= 15 is 0 Å². The van der Waals surface area contributed by atoms with E-state index in [1.807, 2.05) is 0 Å². The van der Waals surface area contributed by atoms with Gasteiger partial charge in [-0.25, -0.2) is 0 Å². The molecule has 0 heterocycles. The van der Waals surface area contributed by atoms with Crippen LogP contribution in [0.1, 0.15) is 12.8 Å². The van der Waals surface area contributed by atoms with E-state index in [4.69, 9.17) is 15.3 Å². The molecule has 0 rings (SSSR count). The maximum atomic E-state index is 9.81. The average Bonchev–Trinajstić information content (AvgIpc) is 1.99. The molecule has 0 unspecified atom stereocenters. The maximum absolute atomic E-state index is 9.81. The largest absolute Gasteiger partial charge is 0.394 e. The second-order valence-electron chi connectivity index (χ2n) is 2.12. The van der Waals surface area contributed by atoms with Gasteiger partial charge in [0.1, 0.15) is 12.4 Å². The summed E-state index contributed by atoms with van der Waals surface area (Å²) in [5.74, 6) is 0. The number of hydrogen-bond donors (Lipinski definition) is 3. The van der Waals surface area contributed by atoms with E-state index in [1.165, 1.54) is 0 Å². The third kappa shape index (κ3) is 4.43. The molecule has 0 radical (unpaired) electrons. The molecule has 0 aliphatic heterocycles. The van der Waals surface area contributed by atoms with E-state index in [0.29, 0.717) is 6.29 Å². The Morgan fingerprint density at radius 1 is 1.30 bits per heavy atom. The number of carbonyl (C=O) groups excluding carboxylic acids is 1. The van der Waals surface area contributed by atoms with Gasteiger partial charge in [0.15, 0.2) is 0 Å². The summed E-state index contributed by atoms with van der Waals surface area (Å²) >= 11 is 0. The summed E-state index contributed by atoms with van der Waals surface area (Å²) in [4.78, 5) is 9.81. The molecule has 0 spiro atoms. The van der Waals surface area contributed by atoms with Crippen LogP contribution in [0.5, 0.6) is 0 Å². The number of aliphatic hydroxyl groups is 3. The molecule has 0 amide bonds. The van der Waals surface area contributed by atoms with Gasteiger partial charge in [-0.15, -0.1) is 0 Å². The predicted molar refractivity (Wildman–Crippen MR) is 34.4 cm³/mol. The molecule has 3 N–H and O–H groups in total. The Hall–Kier alpha value is -0.450. The zero-order valence-corrected chi connectivity index (χ0v) is 5.60. The van der Waals surface area contributed by atoms with Gasteiger partial charge in [0, 0.05) is 0 Å². The van der Waals surface area contributed by atoms with Gasteiger partial charge >= 0.3 is 0 Å². The van der Waals surface area contributed by atoms with Crippen molar-refractivity contribution in [1.29, 1.82) is 0 Å². The topological polar surface area (TPSA) is 77.8 Å². The van der Waals surface area contributed by atoms with Crippen molar-refractivity contribution in [2.24, 2.45) is 0 Å². The highest BCUT2D eigenvalue weighted by Crippen LogP contribution is 1.98. The quantitative estimate of drug-likeness (QED) is 0.422. The summed E-state index contributed by atoms with van der Waals surface area (Å²) in [7, 11) is 0. The van der Waals surface area contributed by atoms with Crippen LogP contribution in [0.2, 0.25) is 0 Å². The van der Waals surface area contributed by atoms with Crippen molar-refractivity contribution in [3.05, 3.63) is 0 Å². The molecule has 0 bridgehead atoms. The van der Waals surface area contributed by atoms with Crippen molar-refractivity contribution in [1.82, 2.24) is 0 Å². The molecule has 0 fully saturated rings. The summed E-state index contributed by atoms with van der Waals surface area (Å²) in [6.45, 7) is -0.328. The Bertz CT molecular complexity index is 93.7. The second-order valence-corrected chi connectivity index (χ2v) is 2.12. The van der Waals surface area contributed by atoms with Crippen molar-refractivity contribution in [3.63, 3.8) is 0 Å². The van der Waals surface area contributed by atoms with Crippen LogP contribution in [0.15, 0.2) is 0 Å². The lowest BCUT2D eigenvalue weighted by Crippen LogP contribution is -2.16. The molecule has 0 aromatic heterocycles. The van der Waals surface area contributed by atoms with E-state index in [0.717, 1.165) is 0 Å². The molecule has 0 aromatic rings. The van der Waals surface area contributed by atoms with E-state index < -0.39 is 12.2 Å². The van der Waals surface area contributed by atoms with Crippen LogP contribution in [-0.4, -0.2) is 40.4 Å². The number of rotatable bonds is 5. The molecule has 0 aliphatic carbocycles. The van der Waals surface area contributed by atoms with Crippen LogP contribution < -0.4 is 0 Å². The monoisotopic (exact) mass is 148 g/mol. The van der Waals surface area contributed by atoms with Crippen molar-refractivity contribution in [3.8, 4) is 0 Å². The summed E-state index contributed by atoms with van der Waals surface area (Å²) in [6.07, 6.45) is -0.984. The first-order valence-corrected chi connectivity index (χ1v) is 3.13. The molecule has 0 saturated heterocycles. The van der Waals surface area contributed by atoms with Gasteiger partial charge in [-0.2, -0.15) is 0 Å². The van der Waals surface area contributed by atoms with Crippen LogP contribution in [0, 0.1) is 0 Å². The van der Waals surface area contributed by atoms with Gasteiger partial charge < -0.3 is 20.1 Å². The molecule has 2 atom stereocenters. The second kappa shape index (κ2) is 5.34. The SMILES string of the molecule is O=C[C@H](O)CC[C@H](O)CO. The van der Waals surface area contributed by atoms with E-state index in [-0.39, 0.29) is 19.4 Å². The fourth-order valence-corrected chi connectivity index (χ4v) is 0.522. The zero-order valence-electron chi connectivity index (χ0n) is 5.60. The van der Waals surface area contributed by atoms with Gasteiger partial charge in [-0.1, -0.05) is 0 Å². The highest BCUT2D eigenvalue weighted by molar-refractivity contribution is 5.55. The molecule has 4 heteroatoms. The van der Waals surface area contributed by atoms with Crippen molar-refractivity contribution >= 4 is 6.29 Å². The van der Waals surface area contributed by atoms with Crippen LogP contribution in [-0.2, 0) is 4.79 Å². The first-order chi connectivity index (χ1) is 4.70. The van der Waals surface area contributed by atoms with Gasteiger partial charge in [-0.3, -0.25) is 0 Å².